The number of rotatable bonds is 5. The molecule has 0 fully saturated rings. The summed E-state index contributed by atoms with van der Waals surface area (Å²) in [5.41, 5.74) is 7.33. The summed E-state index contributed by atoms with van der Waals surface area (Å²) in [4.78, 5) is 8.65. The van der Waals surface area contributed by atoms with Crippen LogP contribution >= 0.6 is 23.6 Å². The molecule has 4 nitrogen and oxygen atoms in total. The first kappa shape index (κ1) is 11.9. The third-order valence-corrected chi connectivity index (χ3v) is 3.28. The van der Waals surface area contributed by atoms with Gasteiger partial charge in [0.25, 0.3) is 0 Å². The van der Waals surface area contributed by atoms with Crippen LogP contribution in [0.4, 0.5) is 5.69 Å². The van der Waals surface area contributed by atoms with E-state index < -0.39 is 0 Å². The Hall–Kier alpha value is -1.53. The van der Waals surface area contributed by atoms with Crippen molar-refractivity contribution in [1.29, 1.82) is 0 Å². The molecule has 0 aromatic carbocycles. The summed E-state index contributed by atoms with van der Waals surface area (Å²) in [6.45, 7) is 0.787. The molecular formula is C11H12N4S2. The van der Waals surface area contributed by atoms with Gasteiger partial charge >= 0.3 is 0 Å². The van der Waals surface area contributed by atoms with Crippen LogP contribution in [0.15, 0.2) is 30.0 Å². The summed E-state index contributed by atoms with van der Waals surface area (Å²) < 4.78 is 0. The molecule has 3 N–H and O–H groups in total. The minimum Gasteiger partial charge on any atom is -0.389 e. The van der Waals surface area contributed by atoms with E-state index >= 15 is 0 Å². The van der Waals surface area contributed by atoms with E-state index in [1.54, 1.807) is 23.7 Å². The fraction of sp³-hybridized carbons (Fsp3) is 0.182. The van der Waals surface area contributed by atoms with Crippen LogP contribution < -0.4 is 11.1 Å². The Balaban J connectivity index is 1.97. The first-order chi connectivity index (χ1) is 8.27. The molecule has 0 aliphatic heterocycles. The Morgan fingerprint density at radius 2 is 2.35 bits per heavy atom. The zero-order valence-electron chi connectivity index (χ0n) is 9.09. The lowest BCUT2D eigenvalue weighted by Gasteiger charge is -2.09. The fourth-order valence-corrected chi connectivity index (χ4v) is 2.23. The molecule has 2 aromatic heterocycles. The molecule has 2 heterocycles. The first-order valence-corrected chi connectivity index (χ1v) is 6.42. The van der Waals surface area contributed by atoms with Gasteiger partial charge in [0, 0.05) is 36.3 Å². The highest BCUT2D eigenvalue weighted by Gasteiger charge is 2.04. The van der Waals surface area contributed by atoms with Gasteiger partial charge in [-0.3, -0.25) is 4.98 Å². The Morgan fingerprint density at radius 3 is 3.06 bits per heavy atom. The van der Waals surface area contributed by atoms with E-state index in [-0.39, 0.29) is 0 Å². The highest BCUT2D eigenvalue weighted by atomic mass is 32.1. The Bertz CT molecular complexity index is 496. The van der Waals surface area contributed by atoms with Crippen molar-refractivity contribution in [3.8, 4) is 0 Å². The van der Waals surface area contributed by atoms with E-state index in [0.29, 0.717) is 4.99 Å². The number of pyridine rings is 1. The largest absolute Gasteiger partial charge is 0.389 e. The van der Waals surface area contributed by atoms with Gasteiger partial charge in [0.15, 0.2) is 0 Å². The minimum atomic E-state index is 0.379. The van der Waals surface area contributed by atoms with Crippen molar-refractivity contribution < 1.29 is 0 Å². The number of nitrogens with zero attached hydrogens (tertiary/aromatic N) is 2. The van der Waals surface area contributed by atoms with Gasteiger partial charge in [-0.1, -0.05) is 12.2 Å². The molecule has 0 atom stereocenters. The van der Waals surface area contributed by atoms with E-state index in [0.717, 1.165) is 29.2 Å². The second-order valence-electron chi connectivity index (χ2n) is 3.39. The molecule has 0 amide bonds. The smallest absolute Gasteiger partial charge is 0.106 e. The average Bonchev–Trinajstić information content (AvgIpc) is 2.82. The van der Waals surface area contributed by atoms with Crippen molar-refractivity contribution in [2.24, 2.45) is 5.73 Å². The standard InChI is InChI=1S/C11H12N4S2/c12-11(16)8-1-3-13-7-9(8)14-4-2-10-15-5-6-17-10/h1,3,5-7,14H,2,4H2,(H2,12,16). The summed E-state index contributed by atoms with van der Waals surface area (Å²) in [6.07, 6.45) is 6.10. The monoisotopic (exact) mass is 264 g/mol. The maximum Gasteiger partial charge on any atom is 0.106 e. The van der Waals surface area contributed by atoms with Crippen molar-refractivity contribution in [3.05, 3.63) is 40.6 Å². The van der Waals surface area contributed by atoms with Crippen LogP contribution in [0.2, 0.25) is 0 Å². The number of hydrogen-bond acceptors (Lipinski definition) is 5. The molecule has 0 unspecified atom stereocenters. The van der Waals surface area contributed by atoms with Crippen molar-refractivity contribution in [2.75, 3.05) is 11.9 Å². The highest BCUT2D eigenvalue weighted by molar-refractivity contribution is 7.80. The molecule has 0 saturated heterocycles. The zero-order chi connectivity index (χ0) is 12.1. The number of nitrogens with one attached hydrogen (secondary N) is 1. The van der Waals surface area contributed by atoms with Gasteiger partial charge in [0.05, 0.1) is 16.9 Å². The van der Waals surface area contributed by atoms with Crippen LogP contribution in [0.3, 0.4) is 0 Å². The molecular weight excluding hydrogens is 252 g/mol. The predicted octanol–water partition coefficient (Wildman–Crippen LogP) is 1.83. The lowest BCUT2D eigenvalue weighted by atomic mass is 10.2. The van der Waals surface area contributed by atoms with Crippen LogP contribution in [0.5, 0.6) is 0 Å². The van der Waals surface area contributed by atoms with Crippen molar-refractivity contribution in [2.45, 2.75) is 6.42 Å². The summed E-state index contributed by atoms with van der Waals surface area (Å²) in [6, 6.07) is 1.81. The average molecular weight is 264 g/mol. The molecule has 2 aromatic rings. The van der Waals surface area contributed by atoms with Gasteiger partial charge in [-0.05, 0) is 6.07 Å². The lowest BCUT2D eigenvalue weighted by molar-refractivity contribution is 0.995. The summed E-state index contributed by atoms with van der Waals surface area (Å²) in [5, 5.41) is 6.35. The van der Waals surface area contributed by atoms with Gasteiger partial charge in [-0.25, -0.2) is 4.98 Å². The number of aromatic nitrogens is 2. The molecule has 0 spiro atoms. The van der Waals surface area contributed by atoms with Crippen LogP contribution in [-0.2, 0) is 6.42 Å². The Kier molecular flexibility index (Phi) is 4.00. The van der Waals surface area contributed by atoms with Crippen LogP contribution in [-0.4, -0.2) is 21.5 Å². The molecule has 6 heteroatoms. The van der Waals surface area contributed by atoms with Crippen LogP contribution in [0.25, 0.3) is 0 Å². The lowest BCUT2D eigenvalue weighted by Crippen LogP contribution is -2.14. The Morgan fingerprint density at radius 1 is 1.47 bits per heavy atom. The number of hydrogen-bond donors (Lipinski definition) is 2. The van der Waals surface area contributed by atoms with Crippen molar-refractivity contribution in [3.63, 3.8) is 0 Å². The minimum absolute atomic E-state index is 0.379. The van der Waals surface area contributed by atoms with Gasteiger partial charge in [-0.2, -0.15) is 0 Å². The van der Waals surface area contributed by atoms with E-state index in [2.05, 4.69) is 15.3 Å². The number of thiazole rings is 1. The summed E-state index contributed by atoms with van der Waals surface area (Å²) in [7, 11) is 0. The molecule has 0 radical (unpaired) electrons. The number of nitrogens with two attached hydrogens (primary N) is 1. The van der Waals surface area contributed by atoms with Crippen LogP contribution in [0.1, 0.15) is 10.6 Å². The second kappa shape index (κ2) is 5.70. The third-order valence-electron chi connectivity index (χ3n) is 2.22. The van der Waals surface area contributed by atoms with Gasteiger partial charge in [0.2, 0.25) is 0 Å². The fourth-order valence-electron chi connectivity index (χ4n) is 1.43. The maximum absolute atomic E-state index is 5.63. The number of thiocarbonyl (C=S) groups is 1. The molecule has 17 heavy (non-hydrogen) atoms. The van der Waals surface area contributed by atoms with Crippen LogP contribution in [0, 0.1) is 0 Å². The second-order valence-corrected chi connectivity index (χ2v) is 4.81. The normalized spacial score (nSPS) is 10.1. The summed E-state index contributed by atoms with van der Waals surface area (Å²) in [5.74, 6) is 0. The summed E-state index contributed by atoms with van der Waals surface area (Å²) >= 11 is 6.63. The zero-order valence-corrected chi connectivity index (χ0v) is 10.7. The van der Waals surface area contributed by atoms with Crippen molar-refractivity contribution >= 4 is 34.2 Å². The van der Waals surface area contributed by atoms with Gasteiger partial charge in [-0.15, -0.1) is 11.3 Å². The molecule has 0 aliphatic carbocycles. The highest BCUT2D eigenvalue weighted by Crippen LogP contribution is 2.13. The quantitative estimate of drug-likeness (QED) is 0.807. The van der Waals surface area contributed by atoms with Gasteiger partial charge < -0.3 is 11.1 Å². The first-order valence-electron chi connectivity index (χ1n) is 5.13. The third kappa shape index (κ3) is 3.21. The van der Waals surface area contributed by atoms with E-state index in [1.165, 1.54) is 0 Å². The van der Waals surface area contributed by atoms with E-state index in [4.69, 9.17) is 18.0 Å². The molecule has 0 aliphatic rings. The van der Waals surface area contributed by atoms with E-state index in [1.807, 2.05) is 17.6 Å². The molecule has 0 bridgehead atoms. The van der Waals surface area contributed by atoms with Gasteiger partial charge in [0.1, 0.15) is 4.99 Å². The predicted molar refractivity (Wildman–Crippen MR) is 74.4 cm³/mol. The topological polar surface area (TPSA) is 63.8 Å². The molecule has 2 rings (SSSR count). The maximum atomic E-state index is 5.63. The molecule has 88 valence electrons. The van der Waals surface area contributed by atoms with Crippen molar-refractivity contribution in [1.82, 2.24) is 9.97 Å². The SMILES string of the molecule is NC(=S)c1ccncc1NCCc1nccs1. The Labute approximate surface area is 109 Å². The number of anilines is 1. The van der Waals surface area contributed by atoms with E-state index in [9.17, 15) is 0 Å². The molecule has 0 saturated carbocycles.